The average Bonchev–Trinajstić information content (AvgIpc) is 3.27. The fourth-order valence-corrected chi connectivity index (χ4v) is 4.65. The molecule has 3 heterocycles. The van der Waals surface area contributed by atoms with Crippen LogP contribution in [-0.4, -0.2) is 57.8 Å². The molecule has 2 aliphatic rings. The van der Waals surface area contributed by atoms with Crippen molar-refractivity contribution in [2.24, 2.45) is 5.92 Å². The summed E-state index contributed by atoms with van der Waals surface area (Å²) >= 11 is 0. The molecule has 1 saturated heterocycles. The van der Waals surface area contributed by atoms with E-state index >= 15 is 0 Å². The highest BCUT2D eigenvalue weighted by Crippen LogP contribution is 2.33. The molecular weight excluding hydrogens is 404 g/mol. The molecule has 2 aromatic heterocycles. The number of hydrogen-bond acceptors (Lipinski definition) is 8. The first-order valence-electron chi connectivity index (χ1n) is 11.1. The summed E-state index contributed by atoms with van der Waals surface area (Å²) in [5, 5.41) is 31.1. The minimum Gasteiger partial charge on any atom is -0.507 e. The lowest BCUT2D eigenvalue weighted by atomic mass is 9.81. The van der Waals surface area contributed by atoms with Crippen LogP contribution in [0, 0.1) is 5.92 Å². The molecule has 5 rings (SSSR count). The standard InChI is InChI=1S/C24H28N6O2/c1-15-9-19(10-15)26-18-7-8-30(14-18)23-6-5-21(27-28-23)20-4-3-16(11-22(20)31)17-12-24(32-2)29-25-13-17/h3-6,11-13,15,18-19,26,31H,7-10,14H2,1-2H3/t15-,18-,19-/m0/s1. The number of anilines is 1. The Morgan fingerprint density at radius 2 is 1.91 bits per heavy atom. The summed E-state index contributed by atoms with van der Waals surface area (Å²) in [6.07, 6.45) is 5.34. The SMILES string of the molecule is COc1cc(-c2ccc(-c3ccc(N4CC[C@H](N[C@H]5C[C@H](C)C5)C4)nn3)c(O)c2)cnn1. The number of benzene rings is 1. The van der Waals surface area contributed by atoms with Crippen LogP contribution in [0.4, 0.5) is 5.82 Å². The van der Waals surface area contributed by atoms with Crippen molar-refractivity contribution in [2.75, 3.05) is 25.1 Å². The molecule has 8 nitrogen and oxygen atoms in total. The molecule has 0 amide bonds. The first kappa shape index (κ1) is 20.6. The van der Waals surface area contributed by atoms with E-state index in [9.17, 15) is 5.11 Å². The first-order chi connectivity index (χ1) is 15.6. The van der Waals surface area contributed by atoms with Gasteiger partial charge in [-0.1, -0.05) is 13.0 Å². The Morgan fingerprint density at radius 1 is 1.03 bits per heavy atom. The van der Waals surface area contributed by atoms with Crippen molar-refractivity contribution in [3.63, 3.8) is 0 Å². The van der Waals surface area contributed by atoms with Gasteiger partial charge in [-0.3, -0.25) is 0 Å². The van der Waals surface area contributed by atoms with Crippen LogP contribution in [0.2, 0.25) is 0 Å². The van der Waals surface area contributed by atoms with Crippen molar-refractivity contribution >= 4 is 5.82 Å². The lowest BCUT2D eigenvalue weighted by molar-refractivity contribution is 0.226. The van der Waals surface area contributed by atoms with Gasteiger partial charge in [0.15, 0.2) is 5.82 Å². The maximum absolute atomic E-state index is 10.6. The summed E-state index contributed by atoms with van der Waals surface area (Å²) in [5.41, 5.74) is 2.91. The molecule has 3 aromatic rings. The van der Waals surface area contributed by atoms with Gasteiger partial charge >= 0.3 is 0 Å². The second kappa shape index (κ2) is 8.70. The van der Waals surface area contributed by atoms with E-state index in [0.29, 0.717) is 29.2 Å². The number of phenolic OH excluding ortho intramolecular Hbond substituents is 1. The lowest BCUT2D eigenvalue weighted by Crippen LogP contribution is -2.46. The third kappa shape index (κ3) is 4.23. The molecule has 1 aliphatic heterocycles. The number of hydrogen-bond donors (Lipinski definition) is 2. The van der Waals surface area contributed by atoms with Crippen LogP contribution in [-0.2, 0) is 0 Å². The van der Waals surface area contributed by atoms with Crippen molar-refractivity contribution in [3.05, 3.63) is 42.6 Å². The predicted molar refractivity (Wildman–Crippen MR) is 123 cm³/mol. The van der Waals surface area contributed by atoms with Crippen molar-refractivity contribution in [1.29, 1.82) is 0 Å². The molecule has 0 spiro atoms. The third-order valence-corrected chi connectivity index (χ3v) is 6.46. The first-order valence-corrected chi connectivity index (χ1v) is 11.1. The normalized spacial score (nSPS) is 22.6. The fraction of sp³-hybridized carbons (Fsp3) is 0.417. The molecule has 1 atom stereocenters. The number of aromatic hydroxyl groups is 1. The summed E-state index contributed by atoms with van der Waals surface area (Å²) in [7, 11) is 1.55. The van der Waals surface area contributed by atoms with Crippen molar-refractivity contribution < 1.29 is 9.84 Å². The zero-order chi connectivity index (χ0) is 22.1. The van der Waals surface area contributed by atoms with Crippen molar-refractivity contribution in [3.8, 4) is 34.0 Å². The maximum atomic E-state index is 10.6. The van der Waals surface area contributed by atoms with Gasteiger partial charge in [-0.05, 0) is 55.0 Å². The number of aromatic nitrogens is 4. The lowest BCUT2D eigenvalue weighted by Gasteiger charge is -2.35. The number of nitrogens with zero attached hydrogens (tertiary/aromatic N) is 5. The molecule has 0 radical (unpaired) electrons. The Labute approximate surface area is 187 Å². The highest BCUT2D eigenvalue weighted by molar-refractivity contribution is 5.74. The highest BCUT2D eigenvalue weighted by Gasteiger charge is 2.30. The summed E-state index contributed by atoms with van der Waals surface area (Å²) < 4.78 is 5.13. The van der Waals surface area contributed by atoms with E-state index in [-0.39, 0.29) is 5.75 Å². The van der Waals surface area contributed by atoms with Gasteiger partial charge in [0.1, 0.15) is 5.75 Å². The average molecular weight is 433 g/mol. The highest BCUT2D eigenvalue weighted by atomic mass is 16.5. The van der Waals surface area contributed by atoms with Gasteiger partial charge in [0, 0.05) is 42.4 Å². The summed E-state index contributed by atoms with van der Waals surface area (Å²) in [4.78, 5) is 2.28. The molecule has 0 bridgehead atoms. The molecule has 8 heteroatoms. The number of rotatable bonds is 6. The number of methoxy groups -OCH3 is 1. The maximum Gasteiger partial charge on any atom is 0.233 e. The molecular formula is C24H28N6O2. The number of phenols is 1. The summed E-state index contributed by atoms with van der Waals surface area (Å²) in [6, 6.07) is 12.3. The Bertz CT molecular complexity index is 1080. The van der Waals surface area contributed by atoms with Crippen LogP contribution < -0.4 is 15.0 Å². The molecule has 166 valence electrons. The monoisotopic (exact) mass is 432 g/mol. The Morgan fingerprint density at radius 3 is 2.62 bits per heavy atom. The second-order valence-corrected chi connectivity index (χ2v) is 8.87. The van der Waals surface area contributed by atoms with Crippen LogP contribution in [0.3, 0.4) is 0 Å². The van der Waals surface area contributed by atoms with Gasteiger partial charge in [0.2, 0.25) is 5.88 Å². The summed E-state index contributed by atoms with van der Waals surface area (Å²) in [5.74, 6) is 2.30. The van der Waals surface area contributed by atoms with Crippen LogP contribution >= 0.6 is 0 Å². The Balaban J connectivity index is 1.27. The van der Waals surface area contributed by atoms with Gasteiger partial charge in [-0.25, -0.2) is 0 Å². The molecule has 32 heavy (non-hydrogen) atoms. The predicted octanol–water partition coefficient (Wildman–Crippen LogP) is 3.28. The van der Waals surface area contributed by atoms with Crippen LogP contribution in [0.25, 0.3) is 22.4 Å². The van der Waals surface area contributed by atoms with Crippen LogP contribution in [0.15, 0.2) is 42.6 Å². The number of nitrogens with one attached hydrogen (secondary N) is 1. The van der Waals surface area contributed by atoms with Gasteiger partial charge in [0.25, 0.3) is 0 Å². The van der Waals surface area contributed by atoms with Gasteiger partial charge < -0.3 is 20.1 Å². The smallest absolute Gasteiger partial charge is 0.233 e. The van der Waals surface area contributed by atoms with E-state index in [4.69, 9.17) is 4.74 Å². The summed E-state index contributed by atoms with van der Waals surface area (Å²) in [6.45, 7) is 4.26. The van der Waals surface area contributed by atoms with Gasteiger partial charge in [0.05, 0.1) is 19.0 Å². The molecule has 2 fully saturated rings. The number of ether oxygens (including phenoxy) is 1. The Hall–Kier alpha value is -3.26. The van der Waals surface area contributed by atoms with Gasteiger partial charge in [-0.2, -0.15) is 5.10 Å². The topological polar surface area (TPSA) is 96.3 Å². The van der Waals surface area contributed by atoms with E-state index in [2.05, 4.69) is 37.5 Å². The fourth-order valence-electron chi connectivity index (χ4n) is 4.65. The van der Waals surface area contributed by atoms with E-state index < -0.39 is 0 Å². The second-order valence-electron chi connectivity index (χ2n) is 8.87. The van der Waals surface area contributed by atoms with E-state index in [1.54, 1.807) is 25.4 Å². The van der Waals surface area contributed by atoms with E-state index in [1.165, 1.54) is 12.8 Å². The molecule has 1 saturated carbocycles. The largest absolute Gasteiger partial charge is 0.507 e. The van der Waals surface area contributed by atoms with Crippen molar-refractivity contribution in [2.45, 2.75) is 38.3 Å². The van der Waals surface area contributed by atoms with E-state index in [0.717, 1.165) is 42.4 Å². The molecule has 1 aliphatic carbocycles. The molecule has 0 unspecified atom stereocenters. The van der Waals surface area contributed by atoms with Gasteiger partial charge in [-0.15, -0.1) is 15.3 Å². The Kier molecular flexibility index (Phi) is 5.61. The quantitative estimate of drug-likeness (QED) is 0.613. The zero-order valence-electron chi connectivity index (χ0n) is 18.4. The zero-order valence-corrected chi connectivity index (χ0v) is 18.4. The minimum absolute atomic E-state index is 0.139. The third-order valence-electron chi connectivity index (χ3n) is 6.46. The van der Waals surface area contributed by atoms with Crippen LogP contribution in [0.5, 0.6) is 11.6 Å². The van der Waals surface area contributed by atoms with Crippen molar-refractivity contribution in [1.82, 2.24) is 25.7 Å². The molecule has 2 N–H and O–H groups in total. The van der Waals surface area contributed by atoms with Crippen LogP contribution in [0.1, 0.15) is 26.2 Å². The minimum atomic E-state index is 0.139. The molecule has 1 aromatic carbocycles. The van der Waals surface area contributed by atoms with E-state index in [1.807, 2.05) is 24.3 Å².